The molecule has 0 saturated carbocycles. The first-order valence-corrected chi connectivity index (χ1v) is 29.5. The fourth-order valence-corrected chi connectivity index (χ4v) is 7.78. The lowest BCUT2D eigenvalue weighted by Gasteiger charge is -2.18. The van der Waals surface area contributed by atoms with E-state index in [2.05, 4.69) is 142 Å². The minimum atomic E-state index is -0.800. The predicted molar refractivity (Wildman–Crippen MR) is 311 cm³/mol. The van der Waals surface area contributed by atoms with Crippen LogP contribution in [0.5, 0.6) is 0 Å². The van der Waals surface area contributed by atoms with Gasteiger partial charge in [0.25, 0.3) is 0 Å². The Kier molecular flexibility index (Phi) is 55.9. The van der Waals surface area contributed by atoms with Gasteiger partial charge in [-0.15, -0.1) is 0 Å². The second kappa shape index (κ2) is 59.4. The molecule has 0 fully saturated rings. The van der Waals surface area contributed by atoms with Crippen molar-refractivity contribution in [3.63, 3.8) is 0 Å². The van der Waals surface area contributed by atoms with Crippen LogP contribution in [0.1, 0.15) is 258 Å². The molecule has 0 N–H and O–H groups in total. The van der Waals surface area contributed by atoms with E-state index in [1.807, 2.05) is 0 Å². The number of hydrogen-bond acceptors (Lipinski definition) is 6. The van der Waals surface area contributed by atoms with Crippen molar-refractivity contribution in [1.29, 1.82) is 0 Å². The second-order valence-electron chi connectivity index (χ2n) is 19.2. The Balaban J connectivity index is 4.35. The van der Waals surface area contributed by atoms with E-state index in [-0.39, 0.29) is 31.1 Å². The minimum absolute atomic E-state index is 0.0961. The van der Waals surface area contributed by atoms with Crippen LogP contribution in [0.3, 0.4) is 0 Å². The Morgan fingerprint density at radius 2 is 0.542 bits per heavy atom. The highest BCUT2D eigenvalue weighted by Crippen LogP contribution is 2.14. The van der Waals surface area contributed by atoms with Gasteiger partial charge in [0, 0.05) is 19.3 Å². The maximum atomic E-state index is 12.8. The summed E-state index contributed by atoms with van der Waals surface area (Å²) in [6.45, 7) is 6.44. The highest BCUT2D eigenvalue weighted by atomic mass is 16.6. The van der Waals surface area contributed by atoms with Gasteiger partial charge in [0.05, 0.1) is 0 Å². The van der Waals surface area contributed by atoms with Crippen LogP contribution in [0, 0.1) is 0 Å². The molecule has 0 rings (SSSR count). The zero-order valence-corrected chi connectivity index (χ0v) is 46.7. The average molecular weight is 998 g/mol. The molecule has 0 radical (unpaired) electrons. The number of unbranched alkanes of at least 4 members (excludes halogenated alkanes) is 21. The predicted octanol–water partition coefficient (Wildman–Crippen LogP) is 20.0. The molecule has 0 aliphatic heterocycles. The normalized spacial score (nSPS) is 13.0. The topological polar surface area (TPSA) is 78.9 Å². The summed E-state index contributed by atoms with van der Waals surface area (Å²) in [5, 5.41) is 0. The molecule has 0 aliphatic carbocycles. The van der Waals surface area contributed by atoms with E-state index in [0.29, 0.717) is 19.3 Å². The Labute approximate surface area is 443 Å². The fraction of sp³-hybridized carbons (Fsp3) is 0.652. The van der Waals surface area contributed by atoms with E-state index in [1.54, 1.807) is 0 Å². The van der Waals surface area contributed by atoms with Crippen LogP contribution in [0.15, 0.2) is 122 Å². The summed E-state index contributed by atoms with van der Waals surface area (Å²) in [6.07, 6.45) is 82.0. The van der Waals surface area contributed by atoms with Crippen LogP contribution in [0.25, 0.3) is 0 Å². The average Bonchev–Trinajstić information content (AvgIpc) is 3.38. The molecule has 0 aromatic heterocycles. The third-order valence-corrected chi connectivity index (χ3v) is 12.2. The van der Waals surface area contributed by atoms with Crippen LogP contribution >= 0.6 is 0 Å². The molecular weight excluding hydrogens is 889 g/mol. The molecule has 0 aromatic carbocycles. The van der Waals surface area contributed by atoms with Gasteiger partial charge < -0.3 is 14.2 Å². The first-order chi connectivity index (χ1) is 35.5. The number of rotatable bonds is 52. The number of carbonyl (C=O) groups is 3. The number of allylic oxidation sites excluding steroid dienone is 20. The van der Waals surface area contributed by atoms with Crippen molar-refractivity contribution in [3.05, 3.63) is 122 Å². The summed E-state index contributed by atoms with van der Waals surface area (Å²) in [7, 11) is 0. The van der Waals surface area contributed by atoms with E-state index < -0.39 is 6.10 Å². The van der Waals surface area contributed by atoms with Crippen LogP contribution in [-0.2, 0) is 28.6 Å². The summed E-state index contributed by atoms with van der Waals surface area (Å²) in [4.78, 5) is 38.0. The van der Waals surface area contributed by atoms with Crippen LogP contribution in [0.2, 0.25) is 0 Å². The summed E-state index contributed by atoms with van der Waals surface area (Å²) in [5.41, 5.74) is 0. The summed E-state index contributed by atoms with van der Waals surface area (Å²) >= 11 is 0. The number of carbonyl (C=O) groups excluding carboxylic acids is 3. The lowest BCUT2D eigenvalue weighted by atomic mass is 10.1. The molecule has 0 saturated heterocycles. The second-order valence-corrected chi connectivity index (χ2v) is 19.2. The van der Waals surface area contributed by atoms with Crippen molar-refractivity contribution < 1.29 is 28.6 Å². The van der Waals surface area contributed by atoms with Gasteiger partial charge in [-0.1, -0.05) is 245 Å². The van der Waals surface area contributed by atoms with E-state index in [9.17, 15) is 14.4 Å². The highest BCUT2D eigenvalue weighted by molar-refractivity contribution is 5.71. The molecule has 0 aromatic rings. The Morgan fingerprint density at radius 3 is 0.861 bits per heavy atom. The highest BCUT2D eigenvalue weighted by Gasteiger charge is 2.19. The summed E-state index contributed by atoms with van der Waals surface area (Å²) in [5.74, 6) is -0.949. The SMILES string of the molecule is CC/C=C\C/C=C\C/C=C\C/C=C\C/C=C\C/C=C\C/C=C\CCCCCC(=O)OCC(COC(=O)CCCCCCCCCC)OC(=O)CCCCCCCC/C=C\C/C=C\C/C=C\CCCCCCC. The molecule has 408 valence electrons. The quantitative estimate of drug-likeness (QED) is 0.0261. The molecular formula is C66H108O6. The van der Waals surface area contributed by atoms with Gasteiger partial charge in [-0.3, -0.25) is 14.4 Å². The smallest absolute Gasteiger partial charge is 0.306 e. The Hall–Kier alpha value is -4.19. The molecule has 0 bridgehead atoms. The maximum Gasteiger partial charge on any atom is 0.306 e. The standard InChI is InChI=1S/C66H108O6/c1-4-7-10-13-16-19-21-23-25-27-29-31-32-33-34-36-37-39-41-43-45-47-50-53-56-59-65(68)71-62-63(61-70-64(67)58-55-52-49-18-15-12-9-6-3)72-66(69)60-57-54-51-48-46-44-42-40-38-35-30-28-26-24-22-20-17-14-11-8-5-2/h7,10,16,19,22-25,28-31,33-34,37-40,43,45,63H,4-6,8-9,11-15,17-18,20-21,26-27,32,35-36,41-42,44,46-62H2,1-3H3/b10-7-,19-16-,24-22-,25-23-,30-28-,31-29-,34-33-,39-37-,40-38-,45-43-. The molecule has 0 spiro atoms. The number of ether oxygens (including phenoxy) is 3. The van der Waals surface area contributed by atoms with E-state index in [4.69, 9.17) is 14.2 Å². The first-order valence-electron chi connectivity index (χ1n) is 29.5. The molecule has 0 heterocycles. The molecule has 1 atom stereocenters. The molecule has 0 aliphatic rings. The van der Waals surface area contributed by atoms with Crippen molar-refractivity contribution in [3.8, 4) is 0 Å². The van der Waals surface area contributed by atoms with Gasteiger partial charge in [0.2, 0.25) is 0 Å². The molecule has 6 heteroatoms. The van der Waals surface area contributed by atoms with Crippen molar-refractivity contribution in [1.82, 2.24) is 0 Å². The van der Waals surface area contributed by atoms with Gasteiger partial charge in [0.15, 0.2) is 6.10 Å². The van der Waals surface area contributed by atoms with Crippen LogP contribution in [0.4, 0.5) is 0 Å². The summed E-state index contributed by atoms with van der Waals surface area (Å²) in [6, 6.07) is 0. The molecule has 72 heavy (non-hydrogen) atoms. The van der Waals surface area contributed by atoms with Gasteiger partial charge in [-0.2, -0.15) is 0 Å². The Morgan fingerprint density at radius 1 is 0.292 bits per heavy atom. The van der Waals surface area contributed by atoms with Gasteiger partial charge in [-0.05, 0) is 116 Å². The zero-order valence-electron chi connectivity index (χ0n) is 46.7. The van der Waals surface area contributed by atoms with Crippen molar-refractivity contribution in [2.24, 2.45) is 0 Å². The van der Waals surface area contributed by atoms with Crippen molar-refractivity contribution in [2.45, 2.75) is 264 Å². The molecule has 0 amide bonds. The van der Waals surface area contributed by atoms with Crippen molar-refractivity contribution in [2.75, 3.05) is 13.2 Å². The lowest BCUT2D eigenvalue weighted by Crippen LogP contribution is -2.30. The van der Waals surface area contributed by atoms with Crippen molar-refractivity contribution >= 4 is 17.9 Å². The van der Waals surface area contributed by atoms with E-state index in [1.165, 1.54) is 83.5 Å². The third kappa shape index (κ3) is 56.7. The van der Waals surface area contributed by atoms with Gasteiger partial charge >= 0.3 is 17.9 Å². The van der Waals surface area contributed by atoms with E-state index >= 15 is 0 Å². The van der Waals surface area contributed by atoms with Crippen LogP contribution < -0.4 is 0 Å². The van der Waals surface area contributed by atoms with Gasteiger partial charge in [-0.25, -0.2) is 0 Å². The van der Waals surface area contributed by atoms with Gasteiger partial charge in [0.1, 0.15) is 13.2 Å². The number of esters is 3. The lowest BCUT2D eigenvalue weighted by molar-refractivity contribution is -0.167. The Bertz CT molecular complexity index is 1520. The largest absolute Gasteiger partial charge is 0.462 e. The zero-order chi connectivity index (χ0) is 52.2. The molecule has 1 unspecified atom stereocenters. The minimum Gasteiger partial charge on any atom is -0.462 e. The monoisotopic (exact) mass is 997 g/mol. The van der Waals surface area contributed by atoms with E-state index in [0.717, 1.165) is 135 Å². The molecule has 6 nitrogen and oxygen atoms in total. The first kappa shape index (κ1) is 67.8. The maximum absolute atomic E-state index is 12.8. The fourth-order valence-electron chi connectivity index (χ4n) is 7.78. The number of hydrogen-bond donors (Lipinski definition) is 0. The van der Waals surface area contributed by atoms with Crippen LogP contribution in [-0.4, -0.2) is 37.2 Å². The summed E-state index contributed by atoms with van der Waals surface area (Å²) < 4.78 is 16.8. The third-order valence-electron chi connectivity index (χ3n) is 12.2.